The van der Waals surface area contributed by atoms with Gasteiger partial charge in [0, 0.05) is 19.0 Å². The molecule has 0 unspecified atom stereocenters. The molecule has 8 heteroatoms. The number of halogens is 1. The lowest BCUT2D eigenvalue weighted by Crippen LogP contribution is -2.33. The Hall–Kier alpha value is -0.760. The molecular formula is C9H14ClN3O3S. The summed E-state index contributed by atoms with van der Waals surface area (Å²) in [4.78, 5) is 7.89. The summed E-state index contributed by atoms with van der Waals surface area (Å²) in [5.74, 6) is 0.248. The first-order valence-electron chi connectivity index (χ1n) is 4.97. The van der Waals surface area contributed by atoms with E-state index in [0.29, 0.717) is 11.6 Å². The van der Waals surface area contributed by atoms with E-state index in [1.807, 2.05) is 0 Å². The van der Waals surface area contributed by atoms with Gasteiger partial charge in [0.05, 0.1) is 5.02 Å². The molecule has 0 spiro atoms. The van der Waals surface area contributed by atoms with Crippen LogP contribution in [0.15, 0.2) is 12.4 Å². The van der Waals surface area contributed by atoms with Gasteiger partial charge in [0.25, 0.3) is 0 Å². The lowest BCUT2D eigenvalue weighted by molar-refractivity contribution is 0.0557. The van der Waals surface area contributed by atoms with Crippen molar-refractivity contribution in [3.8, 4) is 0 Å². The van der Waals surface area contributed by atoms with Crippen LogP contribution in [0.4, 0.5) is 0 Å². The van der Waals surface area contributed by atoms with Crippen molar-refractivity contribution in [2.24, 2.45) is 5.14 Å². The molecule has 1 aromatic heterocycles. The highest BCUT2D eigenvalue weighted by atomic mass is 35.5. The smallest absolute Gasteiger partial charge is 0.214 e. The normalized spacial score (nSPS) is 15.5. The van der Waals surface area contributed by atoms with Gasteiger partial charge in [0.2, 0.25) is 10.0 Å². The molecule has 2 N–H and O–H groups in total. The van der Waals surface area contributed by atoms with Gasteiger partial charge in [-0.2, -0.15) is 0 Å². The van der Waals surface area contributed by atoms with Gasteiger partial charge in [-0.15, -0.1) is 0 Å². The summed E-state index contributed by atoms with van der Waals surface area (Å²) in [5.41, 5.74) is 0. The van der Waals surface area contributed by atoms with Crippen LogP contribution in [0.3, 0.4) is 0 Å². The Bertz CT molecular complexity index is 463. The average molecular weight is 280 g/mol. The summed E-state index contributed by atoms with van der Waals surface area (Å²) in [6, 6.07) is 0. The molecule has 1 rings (SSSR count). The van der Waals surface area contributed by atoms with Crippen molar-refractivity contribution in [3.63, 3.8) is 0 Å². The van der Waals surface area contributed by atoms with Crippen LogP contribution in [0.1, 0.15) is 25.8 Å². The van der Waals surface area contributed by atoms with Crippen molar-refractivity contribution in [3.05, 3.63) is 23.2 Å². The van der Waals surface area contributed by atoms with Crippen molar-refractivity contribution >= 4 is 21.6 Å². The Morgan fingerprint density at radius 3 is 2.41 bits per heavy atom. The van der Waals surface area contributed by atoms with Crippen molar-refractivity contribution < 1.29 is 13.2 Å². The van der Waals surface area contributed by atoms with Gasteiger partial charge in [-0.05, 0) is 13.8 Å². The summed E-state index contributed by atoms with van der Waals surface area (Å²) in [7, 11) is -3.72. The maximum atomic E-state index is 11.3. The molecule has 0 bridgehead atoms. The SMILES string of the molecule is CCO[C@H](c1ncc(Cl)cn1)[C@H](C)S(N)(=O)=O. The molecule has 1 heterocycles. The van der Waals surface area contributed by atoms with E-state index in [9.17, 15) is 8.42 Å². The summed E-state index contributed by atoms with van der Waals surface area (Å²) in [6.07, 6.45) is 1.96. The number of hydrogen-bond donors (Lipinski definition) is 1. The molecule has 0 aromatic carbocycles. The Labute approximate surface area is 105 Å². The first-order chi connectivity index (χ1) is 7.86. The molecule has 6 nitrogen and oxygen atoms in total. The summed E-state index contributed by atoms with van der Waals surface area (Å²) in [6.45, 7) is 3.53. The lowest BCUT2D eigenvalue weighted by Gasteiger charge is -2.20. The van der Waals surface area contributed by atoms with Crippen molar-refractivity contribution in [2.75, 3.05) is 6.61 Å². The third kappa shape index (κ3) is 3.88. The van der Waals surface area contributed by atoms with E-state index in [4.69, 9.17) is 21.5 Å². The standard InChI is InChI=1S/C9H14ClN3O3S/c1-3-16-8(6(2)17(11,14)15)9-12-4-7(10)5-13-9/h4-6,8H,3H2,1-2H3,(H2,11,14,15)/t6-,8-/m0/s1. The number of aromatic nitrogens is 2. The lowest BCUT2D eigenvalue weighted by atomic mass is 10.2. The second-order valence-electron chi connectivity index (χ2n) is 3.43. The number of sulfonamides is 1. The molecule has 0 amide bonds. The fourth-order valence-electron chi connectivity index (χ4n) is 1.24. The second kappa shape index (κ2) is 5.72. The Morgan fingerprint density at radius 1 is 1.47 bits per heavy atom. The van der Waals surface area contributed by atoms with E-state index in [-0.39, 0.29) is 5.82 Å². The Balaban J connectivity index is 3.05. The average Bonchev–Trinajstić information content (AvgIpc) is 2.25. The molecule has 17 heavy (non-hydrogen) atoms. The molecule has 0 aliphatic carbocycles. The quantitative estimate of drug-likeness (QED) is 0.863. The predicted molar refractivity (Wildman–Crippen MR) is 64.0 cm³/mol. The Morgan fingerprint density at radius 2 is 2.00 bits per heavy atom. The summed E-state index contributed by atoms with van der Waals surface area (Å²) >= 11 is 5.65. The third-order valence-electron chi connectivity index (χ3n) is 2.19. The van der Waals surface area contributed by atoms with Gasteiger partial charge in [0.15, 0.2) is 5.82 Å². The molecule has 0 saturated heterocycles. The van der Waals surface area contributed by atoms with Gasteiger partial charge in [-0.25, -0.2) is 23.5 Å². The topological polar surface area (TPSA) is 95.2 Å². The van der Waals surface area contributed by atoms with Gasteiger partial charge in [-0.3, -0.25) is 0 Å². The van der Waals surface area contributed by atoms with Crippen LogP contribution >= 0.6 is 11.6 Å². The van der Waals surface area contributed by atoms with Crippen molar-refractivity contribution in [2.45, 2.75) is 25.2 Å². The zero-order valence-electron chi connectivity index (χ0n) is 9.50. The fourth-order valence-corrected chi connectivity index (χ4v) is 1.88. The summed E-state index contributed by atoms with van der Waals surface area (Å²) in [5, 5.41) is 4.53. The minimum Gasteiger partial charge on any atom is -0.369 e. The van der Waals surface area contributed by atoms with Crippen LogP contribution in [0.25, 0.3) is 0 Å². The number of primary sulfonamides is 1. The highest BCUT2D eigenvalue weighted by Gasteiger charge is 2.30. The van der Waals surface area contributed by atoms with Crippen LogP contribution in [-0.2, 0) is 14.8 Å². The minimum absolute atomic E-state index is 0.248. The third-order valence-corrected chi connectivity index (χ3v) is 3.66. The maximum Gasteiger partial charge on any atom is 0.214 e. The van der Waals surface area contributed by atoms with E-state index in [1.165, 1.54) is 19.3 Å². The van der Waals surface area contributed by atoms with Crippen molar-refractivity contribution in [1.29, 1.82) is 0 Å². The molecular weight excluding hydrogens is 266 g/mol. The molecule has 0 radical (unpaired) electrons. The molecule has 0 saturated carbocycles. The number of ether oxygens (including phenoxy) is 1. The van der Waals surface area contributed by atoms with E-state index in [0.717, 1.165) is 0 Å². The van der Waals surface area contributed by atoms with Crippen LogP contribution in [0.5, 0.6) is 0 Å². The van der Waals surface area contributed by atoms with Gasteiger partial charge < -0.3 is 4.74 Å². The molecule has 2 atom stereocenters. The minimum atomic E-state index is -3.72. The van der Waals surface area contributed by atoms with Crippen LogP contribution < -0.4 is 5.14 Å². The molecule has 0 aliphatic rings. The highest BCUT2D eigenvalue weighted by molar-refractivity contribution is 7.89. The van der Waals surface area contributed by atoms with Gasteiger partial charge >= 0.3 is 0 Å². The molecule has 0 fully saturated rings. The van der Waals surface area contributed by atoms with Crippen molar-refractivity contribution in [1.82, 2.24) is 9.97 Å². The Kier molecular flexibility index (Phi) is 4.81. The zero-order chi connectivity index (χ0) is 13.1. The molecule has 1 aromatic rings. The fraction of sp³-hybridized carbons (Fsp3) is 0.556. The summed E-state index contributed by atoms with van der Waals surface area (Å²) < 4.78 is 27.9. The zero-order valence-corrected chi connectivity index (χ0v) is 11.1. The first kappa shape index (κ1) is 14.3. The number of nitrogens with zero attached hydrogens (tertiary/aromatic N) is 2. The van der Waals surface area contributed by atoms with E-state index in [1.54, 1.807) is 6.92 Å². The second-order valence-corrected chi connectivity index (χ2v) is 5.79. The van der Waals surface area contributed by atoms with E-state index in [2.05, 4.69) is 9.97 Å². The number of nitrogens with two attached hydrogens (primary N) is 1. The van der Waals surface area contributed by atoms with E-state index >= 15 is 0 Å². The largest absolute Gasteiger partial charge is 0.369 e. The van der Waals surface area contributed by atoms with Gasteiger partial charge in [-0.1, -0.05) is 11.6 Å². The first-order valence-corrected chi connectivity index (χ1v) is 6.95. The van der Waals surface area contributed by atoms with Crippen LogP contribution in [0, 0.1) is 0 Å². The number of rotatable bonds is 5. The van der Waals surface area contributed by atoms with Gasteiger partial charge in [0.1, 0.15) is 11.4 Å². The van der Waals surface area contributed by atoms with E-state index < -0.39 is 21.4 Å². The van der Waals surface area contributed by atoms with Crippen LogP contribution in [-0.4, -0.2) is 30.2 Å². The number of hydrogen-bond acceptors (Lipinski definition) is 5. The monoisotopic (exact) mass is 279 g/mol. The molecule has 0 aliphatic heterocycles. The van der Waals surface area contributed by atoms with Crippen LogP contribution in [0.2, 0.25) is 5.02 Å². The predicted octanol–water partition coefficient (Wildman–Crippen LogP) is 0.885. The molecule has 96 valence electrons. The maximum absolute atomic E-state index is 11.3. The highest BCUT2D eigenvalue weighted by Crippen LogP contribution is 2.22.